The lowest BCUT2D eigenvalue weighted by Crippen LogP contribution is -2.12. The van der Waals surface area contributed by atoms with Crippen LogP contribution in [0.15, 0.2) is 35.1 Å². The van der Waals surface area contributed by atoms with Crippen molar-refractivity contribution in [3.63, 3.8) is 0 Å². The fourth-order valence-electron chi connectivity index (χ4n) is 3.49. The standard InChI is InChI=1S/C19H16FN3O3/c1-9-21-17-6-10-2-5-16(13(10)8-14(17)18(24)22-9)23-11-3-4-12(19(25)26)15(20)7-11/h3-4,6-8,16,23H,2,5H2,1H3,(H,25,26)(H,21,22,24)/t16-/m0/s1. The Labute approximate surface area is 147 Å². The Hall–Kier alpha value is -3.22. The molecule has 0 amide bonds. The van der Waals surface area contributed by atoms with Crippen molar-refractivity contribution in [2.24, 2.45) is 0 Å². The number of halogens is 1. The molecule has 0 fully saturated rings. The van der Waals surface area contributed by atoms with Gasteiger partial charge in [0.1, 0.15) is 11.6 Å². The Kier molecular flexibility index (Phi) is 3.72. The Morgan fingerprint density at radius 2 is 2.15 bits per heavy atom. The summed E-state index contributed by atoms with van der Waals surface area (Å²) in [6, 6.07) is 7.66. The summed E-state index contributed by atoms with van der Waals surface area (Å²) in [7, 11) is 0. The van der Waals surface area contributed by atoms with Crippen molar-refractivity contribution >= 4 is 22.6 Å². The van der Waals surface area contributed by atoms with Crippen LogP contribution < -0.4 is 10.9 Å². The lowest BCUT2D eigenvalue weighted by Gasteiger charge is -2.16. The maximum atomic E-state index is 13.9. The Bertz CT molecular complexity index is 1110. The minimum Gasteiger partial charge on any atom is -0.478 e. The van der Waals surface area contributed by atoms with Crippen LogP contribution in [0.5, 0.6) is 0 Å². The van der Waals surface area contributed by atoms with Crippen molar-refractivity contribution in [2.45, 2.75) is 25.8 Å². The highest BCUT2D eigenvalue weighted by Crippen LogP contribution is 2.35. The van der Waals surface area contributed by atoms with Crippen LogP contribution in [0.4, 0.5) is 10.1 Å². The maximum Gasteiger partial charge on any atom is 0.338 e. The molecule has 4 rings (SSSR count). The van der Waals surface area contributed by atoms with Crippen LogP contribution >= 0.6 is 0 Å². The molecule has 1 heterocycles. The van der Waals surface area contributed by atoms with E-state index in [0.717, 1.165) is 24.0 Å². The highest BCUT2D eigenvalue weighted by atomic mass is 19.1. The second kappa shape index (κ2) is 5.94. The second-order valence-electron chi connectivity index (χ2n) is 6.45. The van der Waals surface area contributed by atoms with Crippen LogP contribution in [0, 0.1) is 12.7 Å². The summed E-state index contributed by atoms with van der Waals surface area (Å²) in [6.45, 7) is 1.74. The number of carbonyl (C=O) groups is 1. The van der Waals surface area contributed by atoms with Crippen molar-refractivity contribution in [1.82, 2.24) is 9.97 Å². The van der Waals surface area contributed by atoms with E-state index < -0.39 is 11.8 Å². The predicted molar refractivity (Wildman–Crippen MR) is 95.1 cm³/mol. The van der Waals surface area contributed by atoms with Crippen LogP contribution in [0.2, 0.25) is 0 Å². The first-order chi connectivity index (χ1) is 12.4. The average Bonchev–Trinajstić information content (AvgIpc) is 2.95. The number of aromatic amines is 1. The van der Waals surface area contributed by atoms with Crippen LogP contribution in [-0.2, 0) is 6.42 Å². The van der Waals surface area contributed by atoms with Gasteiger partial charge in [0.15, 0.2) is 0 Å². The van der Waals surface area contributed by atoms with Gasteiger partial charge in [-0.15, -0.1) is 0 Å². The summed E-state index contributed by atoms with van der Waals surface area (Å²) in [6.07, 6.45) is 1.62. The van der Waals surface area contributed by atoms with E-state index in [4.69, 9.17) is 5.11 Å². The number of aryl methyl sites for hydroxylation is 2. The third-order valence-corrected chi connectivity index (χ3v) is 4.70. The number of anilines is 1. The molecule has 0 saturated heterocycles. The molecule has 7 heteroatoms. The highest BCUT2D eigenvalue weighted by molar-refractivity contribution is 5.88. The third kappa shape index (κ3) is 2.71. The average molecular weight is 353 g/mol. The summed E-state index contributed by atoms with van der Waals surface area (Å²) in [5.41, 5.74) is 2.72. The Balaban J connectivity index is 1.70. The van der Waals surface area contributed by atoms with Crippen LogP contribution in [0.3, 0.4) is 0 Å². The van der Waals surface area contributed by atoms with Gasteiger partial charge < -0.3 is 15.4 Å². The number of aromatic nitrogens is 2. The zero-order chi connectivity index (χ0) is 18.4. The summed E-state index contributed by atoms with van der Waals surface area (Å²) in [4.78, 5) is 30.2. The zero-order valence-electron chi connectivity index (χ0n) is 14.0. The Morgan fingerprint density at radius 3 is 2.88 bits per heavy atom. The van der Waals surface area contributed by atoms with Crippen molar-refractivity contribution in [3.05, 3.63) is 69.0 Å². The van der Waals surface area contributed by atoms with E-state index in [1.807, 2.05) is 12.1 Å². The van der Waals surface area contributed by atoms with E-state index in [1.165, 1.54) is 12.1 Å². The number of hydrogen-bond donors (Lipinski definition) is 3. The number of carboxylic acids is 1. The monoisotopic (exact) mass is 353 g/mol. The molecule has 26 heavy (non-hydrogen) atoms. The quantitative estimate of drug-likeness (QED) is 0.672. The van der Waals surface area contributed by atoms with Gasteiger partial charge in [-0.1, -0.05) is 0 Å². The first kappa shape index (κ1) is 16.3. The molecule has 0 spiro atoms. The molecule has 1 aromatic heterocycles. The first-order valence-electron chi connectivity index (χ1n) is 8.25. The minimum atomic E-state index is -1.30. The lowest BCUT2D eigenvalue weighted by atomic mass is 10.0. The van der Waals surface area contributed by atoms with Crippen LogP contribution in [0.25, 0.3) is 10.9 Å². The lowest BCUT2D eigenvalue weighted by molar-refractivity contribution is 0.0692. The number of H-pyrrole nitrogens is 1. The van der Waals surface area contributed by atoms with E-state index in [0.29, 0.717) is 22.4 Å². The molecule has 1 atom stereocenters. The molecular formula is C19H16FN3O3. The maximum absolute atomic E-state index is 13.9. The number of nitrogens with zero attached hydrogens (tertiary/aromatic N) is 1. The molecule has 2 aromatic carbocycles. The minimum absolute atomic E-state index is 0.0785. The van der Waals surface area contributed by atoms with E-state index >= 15 is 0 Å². The van der Waals surface area contributed by atoms with Gasteiger partial charge in [0.05, 0.1) is 22.5 Å². The van der Waals surface area contributed by atoms with E-state index in [9.17, 15) is 14.0 Å². The number of nitrogens with one attached hydrogen (secondary N) is 2. The normalized spacial score (nSPS) is 15.8. The molecule has 132 valence electrons. The van der Waals surface area contributed by atoms with Gasteiger partial charge in [-0.2, -0.15) is 0 Å². The predicted octanol–water partition coefficient (Wildman–Crippen LogP) is 3.17. The summed E-state index contributed by atoms with van der Waals surface area (Å²) < 4.78 is 13.9. The van der Waals surface area contributed by atoms with Crippen molar-refractivity contribution in [3.8, 4) is 0 Å². The number of carboxylic acid groups (broad SMARTS) is 1. The van der Waals surface area contributed by atoms with Gasteiger partial charge in [0.25, 0.3) is 5.56 Å². The summed E-state index contributed by atoms with van der Waals surface area (Å²) in [5, 5.41) is 12.7. The smallest absolute Gasteiger partial charge is 0.338 e. The van der Waals surface area contributed by atoms with Gasteiger partial charge in [-0.3, -0.25) is 4.79 Å². The number of benzene rings is 2. The molecule has 0 radical (unpaired) electrons. The summed E-state index contributed by atoms with van der Waals surface area (Å²) in [5.74, 6) is -1.51. The largest absolute Gasteiger partial charge is 0.478 e. The van der Waals surface area contributed by atoms with Gasteiger partial charge in [-0.25, -0.2) is 14.2 Å². The molecule has 0 aliphatic heterocycles. The Morgan fingerprint density at radius 1 is 1.35 bits per heavy atom. The van der Waals surface area contributed by atoms with Crippen LogP contribution in [0.1, 0.15) is 39.8 Å². The van der Waals surface area contributed by atoms with Gasteiger partial charge >= 0.3 is 5.97 Å². The SMILES string of the molecule is Cc1nc2cc3c(cc2c(=O)[nH]1)[C@@H](Nc1ccc(C(=O)O)c(F)c1)CC3. The summed E-state index contributed by atoms with van der Waals surface area (Å²) >= 11 is 0. The van der Waals surface area contributed by atoms with E-state index in [2.05, 4.69) is 15.3 Å². The van der Waals surface area contributed by atoms with Gasteiger partial charge in [-0.05, 0) is 61.2 Å². The zero-order valence-corrected chi connectivity index (χ0v) is 14.0. The first-order valence-corrected chi connectivity index (χ1v) is 8.25. The van der Waals surface area contributed by atoms with Crippen molar-refractivity contribution < 1.29 is 14.3 Å². The second-order valence-corrected chi connectivity index (χ2v) is 6.45. The molecule has 3 aromatic rings. The number of aromatic carboxylic acids is 1. The van der Waals surface area contributed by atoms with Crippen molar-refractivity contribution in [2.75, 3.05) is 5.32 Å². The number of rotatable bonds is 3. The molecule has 1 aliphatic carbocycles. The van der Waals surface area contributed by atoms with E-state index in [1.54, 1.807) is 13.0 Å². The molecule has 3 N–H and O–H groups in total. The topological polar surface area (TPSA) is 95.1 Å². The fraction of sp³-hybridized carbons (Fsp3) is 0.211. The molecule has 1 aliphatic rings. The third-order valence-electron chi connectivity index (χ3n) is 4.70. The van der Waals surface area contributed by atoms with Crippen LogP contribution in [-0.4, -0.2) is 21.0 Å². The van der Waals surface area contributed by atoms with Gasteiger partial charge in [0, 0.05) is 5.69 Å². The number of hydrogen-bond acceptors (Lipinski definition) is 4. The fourth-order valence-corrected chi connectivity index (χ4v) is 3.49. The van der Waals surface area contributed by atoms with Crippen molar-refractivity contribution in [1.29, 1.82) is 0 Å². The molecule has 0 unspecified atom stereocenters. The van der Waals surface area contributed by atoms with E-state index in [-0.39, 0.29) is 17.2 Å². The molecule has 0 bridgehead atoms. The molecular weight excluding hydrogens is 337 g/mol. The molecule has 6 nitrogen and oxygen atoms in total. The highest BCUT2D eigenvalue weighted by Gasteiger charge is 2.24. The molecule has 0 saturated carbocycles. The van der Waals surface area contributed by atoms with Gasteiger partial charge in [0.2, 0.25) is 0 Å². The number of fused-ring (bicyclic) bond motifs is 2.